The van der Waals surface area contributed by atoms with E-state index < -0.39 is 0 Å². The van der Waals surface area contributed by atoms with Gasteiger partial charge in [0, 0.05) is 31.3 Å². The maximum absolute atomic E-state index is 13.1. The molecule has 2 aliphatic rings. The van der Waals surface area contributed by atoms with E-state index >= 15 is 0 Å². The summed E-state index contributed by atoms with van der Waals surface area (Å²) in [5.41, 5.74) is 3.44. The van der Waals surface area contributed by atoms with Crippen molar-refractivity contribution in [2.24, 2.45) is 5.92 Å². The lowest BCUT2D eigenvalue weighted by Gasteiger charge is -2.33. The summed E-state index contributed by atoms with van der Waals surface area (Å²) in [4.78, 5) is 19.6. The summed E-state index contributed by atoms with van der Waals surface area (Å²) in [5.74, 6) is 1.46. The van der Waals surface area contributed by atoms with Crippen LogP contribution in [0, 0.1) is 19.8 Å². The number of hydrogen-bond acceptors (Lipinski definition) is 5. The van der Waals surface area contributed by atoms with Gasteiger partial charge in [0.15, 0.2) is 0 Å². The Labute approximate surface area is 153 Å². The Balaban J connectivity index is 1.61. The topological polar surface area (TPSA) is 73.4 Å². The van der Waals surface area contributed by atoms with Gasteiger partial charge in [0.2, 0.25) is 0 Å². The summed E-state index contributed by atoms with van der Waals surface area (Å²) in [6.07, 6.45) is 4.55. The predicted octanol–water partition coefficient (Wildman–Crippen LogP) is 2.67. The first-order valence-corrected chi connectivity index (χ1v) is 9.42. The summed E-state index contributed by atoms with van der Waals surface area (Å²) < 4.78 is 13.2. The van der Waals surface area contributed by atoms with Crippen molar-refractivity contribution < 1.29 is 14.1 Å². The van der Waals surface area contributed by atoms with E-state index in [1.807, 2.05) is 18.2 Å². The quantitative estimate of drug-likeness (QED) is 0.794. The van der Waals surface area contributed by atoms with E-state index in [1.165, 1.54) is 18.5 Å². The third-order valence-corrected chi connectivity index (χ3v) is 5.34. The molecule has 0 aromatic carbocycles. The standard InChI is InChI=1S/C19H26N4O3/c1-4-25-10-15-8-22(19(24)17-12(2)21-26-13(17)3)9-16-18(15)23(11-20-16)7-14-5-6-14/h11,14-15H,4-10H2,1-3H3/t15-/m1/s1. The van der Waals surface area contributed by atoms with Crippen molar-refractivity contribution in [1.29, 1.82) is 0 Å². The van der Waals surface area contributed by atoms with Crippen molar-refractivity contribution in [2.75, 3.05) is 19.8 Å². The maximum Gasteiger partial charge on any atom is 0.259 e. The minimum atomic E-state index is -0.0369. The lowest BCUT2D eigenvalue weighted by Crippen LogP contribution is -2.40. The molecule has 1 aliphatic carbocycles. The monoisotopic (exact) mass is 358 g/mol. The van der Waals surface area contributed by atoms with E-state index in [0.29, 0.717) is 43.3 Å². The number of fused-ring (bicyclic) bond motifs is 1. The number of amides is 1. The van der Waals surface area contributed by atoms with Crippen LogP contribution in [0.2, 0.25) is 0 Å². The number of imidazole rings is 1. The minimum absolute atomic E-state index is 0.0369. The van der Waals surface area contributed by atoms with Gasteiger partial charge in [-0.25, -0.2) is 4.98 Å². The number of carbonyl (C=O) groups is 1. The van der Waals surface area contributed by atoms with Gasteiger partial charge in [0.05, 0.1) is 30.9 Å². The van der Waals surface area contributed by atoms with E-state index in [-0.39, 0.29) is 11.8 Å². The van der Waals surface area contributed by atoms with Crippen molar-refractivity contribution in [2.45, 2.75) is 52.6 Å². The Hall–Kier alpha value is -2.15. The van der Waals surface area contributed by atoms with Gasteiger partial charge in [-0.2, -0.15) is 0 Å². The van der Waals surface area contributed by atoms with Crippen LogP contribution in [0.15, 0.2) is 10.9 Å². The van der Waals surface area contributed by atoms with Crippen LogP contribution in [0.25, 0.3) is 0 Å². The average molecular weight is 358 g/mol. The molecule has 140 valence electrons. The van der Waals surface area contributed by atoms with Crippen LogP contribution >= 0.6 is 0 Å². The molecule has 2 aromatic rings. The van der Waals surface area contributed by atoms with E-state index in [0.717, 1.165) is 18.2 Å². The summed E-state index contributed by atoms with van der Waals surface area (Å²) >= 11 is 0. The minimum Gasteiger partial charge on any atom is -0.381 e. The van der Waals surface area contributed by atoms with Gasteiger partial charge in [0.25, 0.3) is 5.91 Å². The number of hydrogen-bond donors (Lipinski definition) is 0. The van der Waals surface area contributed by atoms with Crippen molar-refractivity contribution in [3.8, 4) is 0 Å². The highest BCUT2D eigenvalue weighted by atomic mass is 16.5. The second-order valence-electron chi connectivity index (χ2n) is 7.41. The average Bonchev–Trinajstić information content (AvgIpc) is 3.26. The molecule has 7 heteroatoms. The fourth-order valence-corrected chi connectivity index (χ4v) is 3.84. The largest absolute Gasteiger partial charge is 0.381 e. The molecule has 0 N–H and O–H groups in total. The van der Waals surface area contributed by atoms with E-state index in [1.54, 1.807) is 13.8 Å². The van der Waals surface area contributed by atoms with Gasteiger partial charge in [-0.3, -0.25) is 4.79 Å². The summed E-state index contributed by atoms with van der Waals surface area (Å²) in [6, 6.07) is 0. The molecule has 7 nitrogen and oxygen atoms in total. The molecule has 1 aliphatic heterocycles. The maximum atomic E-state index is 13.1. The normalized spacial score (nSPS) is 19.7. The van der Waals surface area contributed by atoms with Gasteiger partial charge in [0.1, 0.15) is 11.3 Å². The number of nitrogens with zero attached hydrogens (tertiary/aromatic N) is 4. The summed E-state index contributed by atoms with van der Waals surface area (Å²) in [7, 11) is 0. The Kier molecular flexibility index (Phi) is 4.56. The molecule has 2 aromatic heterocycles. The Bertz CT molecular complexity index is 786. The summed E-state index contributed by atoms with van der Waals surface area (Å²) in [6.45, 7) is 9.04. The van der Waals surface area contributed by atoms with Crippen LogP contribution in [0.1, 0.15) is 58.9 Å². The molecule has 0 radical (unpaired) electrons. The molecule has 0 bridgehead atoms. The Morgan fingerprint density at radius 2 is 2.19 bits per heavy atom. The first-order valence-electron chi connectivity index (χ1n) is 9.42. The lowest BCUT2D eigenvalue weighted by atomic mass is 9.97. The zero-order chi connectivity index (χ0) is 18.3. The molecule has 1 saturated carbocycles. The Morgan fingerprint density at radius 1 is 1.38 bits per heavy atom. The molecule has 3 heterocycles. The number of rotatable bonds is 6. The van der Waals surface area contributed by atoms with E-state index in [9.17, 15) is 4.79 Å². The molecule has 0 unspecified atom stereocenters. The second kappa shape index (κ2) is 6.87. The third kappa shape index (κ3) is 3.16. The zero-order valence-electron chi connectivity index (χ0n) is 15.7. The molecule has 1 amide bonds. The third-order valence-electron chi connectivity index (χ3n) is 5.34. The predicted molar refractivity (Wildman–Crippen MR) is 94.9 cm³/mol. The van der Waals surface area contributed by atoms with Crippen LogP contribution in [0.4, 0.5) is 0 Å². The van der Waals surface area contributed by atoms with Crippen molar-refractivity contribution in [1.82, 2.24) is 19.6 Å². The van der Waals surface area contributed by atoms with E-state index in [2.05, 4.69) is 14.7 Å². The molecule has 0 saturated heterocycles. The molecule has 4 rings (SSSR count). The highest BCUT2D eigenvalue weighted by Crippen LogP contribution is 2.35. The van der Waals surface area contributed by atoms with Gasteiger partial charge in [-0.1, -0.05) is 5.16 Å². The van der Waals surface area contributed by atoms with Crippen molar-refractivity contribution >= 4 is 5.91 Å². The SMILES string of the molecule is CCOC[C@H]1CN(C(=O)c2c(C)noc2C)Cc2ncn(CC3CC3)c21. The molecule has 1 atom stereocenters. The van der Waals surface area contributed by atoms with Crippen LogP contribution in [0.5, 0.6) is 0 Å². The zero-order valence-corrected chi connectivity index (χ0v) is 15.7. The smallest absolute Gasteiger partial charge is 0.259 e. The van der Waals surface area contributed by atoms with Gasteiger partial charge < -0.3 is 18.7 Å². The number of carbonyl (C=O) groups excluding carboxylic acids is 1. The Morgan fingerprint density at radius 3 is 2.85 bits per heavy atom. The molecular weight excluding hydrogens is 332 g/mol. The highest BCUT2D eigenvalue weighted by molar-refractivity contribution is 5.96. The van der Waals surface area contributed by atoms with Crippen molar-refractivity contribution in [3.63, 3.8) is 0 Å². The van der Waals surface area contributed by atoms with Crippen molar-refractivity contribution in [3.05, 3.63) is 34.7 Å². The first kappa shape index (κ1) is 17.3. The number of ether oxygens (including phenoxy) is 1. The van der Waals surface area contributed by atoms with Crippen LogP contribution < -0.4 is 0 Å². The molecule has 26 heavy (non-hydrogen) atoms. The van der Waals surface area contributed by atoms with Gasteiger partial charge in [-0.15, -0.1) is 0 Å². The number of aromatic nitrogens is 3. The lowest BCUT2D eigenvalue weighted by molar-refractivity contribution is 0.0642. The first-order chi connectivity index (χ1) is 12.6. The highest BCUT2D eigenvalue weighted by Gasteiger charge is 2.35. The van der Waals surface area contributed by atoms with E-state index in [4.69, 9.17) is 9.26 Å². The molecular formula is C19H26N4O3. The van der Waals surface area contributed by atoms with Crippen LogP contribution in [-0.2, 0) is 17.8 Å². The number of aryl methyl sites for hydroxylation is 2. The van der Waals surface area contributed by atoms with Gasteiger partial charge in [-0.05, 0) is 39.5 Å². The van der Waals surface area contributed by atoms with Crippen LogP contribution in [0.3, 0.4) is 0 Å². The molecule has 1 fully saturated rings. The fourth-order valence-electron chi connectivity index (χ4n) is 3.84. The van der Waals surface area contributed by atoms with Gasteiger partial charge >= 0.3 is 0 Å². The fraction of sp³-hybridized carbons (Fsp3) is 0.632. The second-order valence-corrected chi connectivity index (χ2v) is 7.41. The molecule has 0 spiro atoms. The summed E-state index contributed by atoms with van der Waals surface area (Å²) in [5, 5.41) is 3.92. The van der Waals surface area contributed by atoms with Crippen LogP contribution in [-0.4, -0.2) is 45.3 Å².